The smallest absolute Gasteiger partial charge is 0.0386 e. The number of hydrogen-bond acceptors (Lipinski definition) is 0. The summed E-state index contributed by atoms with van der Waals surface area (Å²) < 4.78 is 0. The van der Waals surface area contributed by atoms with Crippen LogP contribution in [0.5, 0.6) is 0 Å². The van der Waals surface area contributed by atoms with Gasteiger partial charge in [0.25, 0.3) is 0 Å². The van der Waals surface area contributed by atoms with Gasteiger partial charge in [-0.1, -0.05) is 46.5 Å². The lowest BCUT2D eigenvalue weighted by molar-refractivity contribution is 0.151. The molecule has 1 rings (SSSR count). The van der Waals surface area contributed by atoms with Gasteiger partial charge in [-0.15, -0.1) is 0 Å². The van der Waals surface area contributed by atoms with Crippen LogP contribution in [0.3, 0.4) is 0 Å². The van der Waals surface area contributed by atoms with Crippen LogP contribution < -0.4 is 0 Å². The highest BCUT2D eigenvalue weighted by Crippen LogP contribution is 2.39. The molecule has 1 aliphatic carbocycles. The van der Waals surface area contributed by atoms with Gasteiger partial charge in [0.1, 0.15) is 0 Å². The van der Waals surface area contributed by atoms with Crippen molar-refractivity contribution in [2.45, 2.75) is 59.3 Å². The minimum Gasteiger partial charge on any atom is -0.0654 e. The van der Waals surface area contributed by atoms with Crippen molar-refractivity contribution >= 4 is 0 Å². The van der Waals surface area contributed by atoms with Gasteiger partial charge in [-0.3, -0.25) is 0 Å². The summed E-state index contributed by atoms with van der Waals surface area (Å²) in [6, 6.07) is 0. The SMILES string of the molecule is CCCC(CC)CC1CCC1C. The fraction of sp³-hybridized carbons (Fsp3) is 1.00. The van der Waals surface area contributed by atoms with Crippen LogP contribution in [0, 0.1) is 17.8 Å². The van der Waals surface area contributed by atoms with Crippen LogP contribution in [0.2, 0.25) is 0 Å². The summed E-state index contributed by atoms with van der Waals surface area (Å²) in [6.07, 6.45) is 8.76. The summed E-state index contributed by atoms with van der Waals surface area (Å²) >= 11 is 0. The van der Waals surface area contributed by atoms with Crippen molar-refractivity contribution in [1.82, 2.24) is 0 Å². The monoisotopic (exact) mass is 168 g/mol. The largest absolute Gasteiger partial charge is 0.0654 e. The Labute approximate surface area is 77.7 Å². The highest BCUT2D eigenvalue weighted by molar-refractivity contribution is 4.79. The standard InChI is InChI=1S/C12H24/c1-4-6-11(5-2)9-12-8-7-10(12)3/h10-12H,4-9H2,1-3H3. The first-order valence-electron chi connectivity index (χ1n) is 5.77. The molecule has 12 heavy (non-hydrogen) atoms. The molecule has 1 aliphatic rings. The zero-order chi connectivity index (χ0) is 8.97. The molecule has 0 saturated heterocycles. The molecule has 0 spiro atoms. The quantitative estimate of drug-likeness (QED) is 0.575. The lowest BCUT2D eigenvalue weighted by Gasteiger charge is -2.36. The second-order valence-corrected chi connectivity index (χ2v) is 4.61. The van der Waals surface area contributed by atoms with Crippen molar-refractivity contribution in [3.63, 3.8) is 0 Å². The van der Waals surface area contributed by atoms with Crippen LogP contribution in [0.25, 0.3) is 0 Å². The van der Waals surface area contributed by atoms with E-state index < -0.39 is 0 Å². The fourth-order valence-corrected chi connectivity index (χ4v) is 2.41. The third-order valence-electron chi connectivity index (χ3n) is 3.71. The van der Waals surface area contributed by atoms with Gasteiger partial charge in [-0.2, -0.15) is 0 Å². The Morgan fingerprint density at radius 3 is 2.33 bits per heavy atom. The van der Waals surface area contributed by atoms with E-state index in [1.807, 2.05) is 0 Å². The van der Waals surface area contributed by atoms with Crippen molar-refractivity contribution in [2.24, 2.45) is 17.8 Å². The predicted octanol–water partition coefficient (Wildman–Crippen LogP) is 4.25. The molecule has 0 N–H and O–H groups in total. The molecule has 1 saturated carbocycles. The number of rotatable bonds is 5. The summed E-state index contributed by atoms with van der Waals surface area (Å²) in [5.74, 6) is 3.15. The van der Waals surface area contributed by atoms with Crippen molar-refractivity contribution in [3.05, 3.63) is 0 Å². The third-order valence-corrected chi connectivity index (χ3v) is 3.71. The van der Waals surface area contributed by atoms with E-state index in [4.69, 9.17) is 0 Å². The van der Waals surface area contributed by atoms with Gasteiger partial charge >= 0.3 is 0 Å². The second-order valence-electron chi connectivity index (χ2n) is 4.61. The molecule has 3 atom stereocenters. The number of hydrogen-bond donors (Lipinski definition) is 0. The van der Waals surface area contributed by atoms with E-state index in [0.717, 1.165) is 17.8 Å². The minimum absolute atomic E-state index is 1.03. The first-order valence-corrected chi connectivity index (χ1v) is 5.77. The Kier molecular flexibility index (Phi) is 4.11. The topological polar surface area (TPSA) is 0 Å². The van der Waals surface area contributed by atoms with Crippen LogP contribution in [-0.4, -0.2) is 0 Å². The van der Waals surface area contributed by atoms with Crippen LogP contribution >= 0.6 is 0 Å². The Morgan fingerprint density at radius 1 is 1.25 bits per heavy atom. The molecular weight excluding hydrogens is 144 g/mol. The maximum Gasteiger partial charge on any atom is -0.0386 e. The zero-order valence-corrected chi connectivity index (χ0v) is 8.97. The molecule has 3 unspecified atom stereocenters. The van der Waals surface area contributed by atoms with Crippen molar-refractivity contribution in [1.29, 1.82) is 0 Å². The lowest BCUT2D eigenvalue weighted by Crippen LogP contribution is -2.25. The average molecular weight is 168 g/mol. The molecule has 0 nitrogen and oxygen atoms in total. The summed E-state index contributed by atoms with van der Waals surface area (Å²) in [4.78, 5) is 0. The van der Waals surface area contributed by atoms with E-state index in [0.29, 0.717) is 0 Å². The van der Waals surface area contributed by atoms with Crippen molar-refractivity contribution in [3.8, 4) is 0 Å². The van der Waals surface area contributed by atoms with E-state index in [1.54, 1.807) is 0 Å². The molecule has 0 aromatic heterocycles. The molecule has 72 valence electrons. The summed E-state index contributed by atoms with van der Waals surface area (Å²) in [5, 5.41) is 0. The summed E-state index contributed by atoms with van der Waals surface area (Å²) in [7, 11) is 0. The van der Waals surface area contributed by atoms with Crippen LogP contribution in [0.1, 0.15) is 59.3 Å². The first kappa shape index (κ1) is 10.1. The third kappa shape index (κ3) is 2.50. The van der Waals surface area contributed by atoms with Gasteiger partial charge in [-0.05, 0) is 30.6 Å². The van der Waals surface area contributed by atoms with Gasteiger partial charge in [0.05, 0.1) is 0 Å². The van der Waals surface area contributed by atoms with Crippen molar-refractivity contribution in [2.75, 3.05) is 0 Å². The van der Waals surface area contributed by atoms with E-state index in [-0.39, 0.29) is 0 Å². The van der Waals surface area contributed by atoms with Crippen LogP contribution in [0.4, 0.5) is 0 Å². The van der Waals surface area contributed by atoms with Crippen molar-refractivity contribution < 1.29 is 0 Å². The van der Waals surface area contributed by atoms with Gasteiger partial charge in [0, 0.05) is 0 Å². The molecule has 0 aliphatic heterocycles. The van der Waals surface area contributed by atoms with Gasteiger partial charge in [-0.25, -0.2) is 0 Å². The Balaban J connectivity index is 2.17. The fourth-order valence-electron chi connectivity index (χ4n) is 2.41. The van der Waals surface area contributed by atoms with Crippen LogP contribution in [0.15, 0.2) is 0 Å². The maximum atomic E-state index is 2.42. The van der Waals surface area contributed by atoms with Gasteiger partial charge in [0.2, 0.25) is 0 Å². The predicted molar refractivity (Wildman–Crippen MR) is 55.2 cm³/mol. The molecule has 0 bridgehead atoms. The lowest BCUT2D eigenvalue weighted by atomic mass is 9.70. The molecule has 1 fully saturated rings. The molecule has 0 heterocycles. The summed E-state index contributed by atoms with van der Waals surface area (Å²) in [5.41, 5.74) is 0. The van der Waals surface area contributed by atoms with E-state index >= 15 is 0 Å². The minimum atomic E-state index is 1.03. The first-order chi connectivity index (χ1) is 5.77. The normalized spacial score (nSPS) is 31.2. The molecule has 0 amide bonds. The van der Waals surface area contributed by atoms with E-state index in [2.05, 4.69) is 20.8 Å². The van der Waals surface area contributed by atoms with Crippen LogP contribution in [-0.2, 0) is 0 Å². The Hall–Kier alpha value is 0. The highest BCUT2D eigenvalue weighted by atomic mass is 14.3. The molecular formula is C12H24. The van der Waals surface area contributed by atoms with Gasteiger partial charge in [0.15, 0.2) is 0 Å². The summed E-state index contributed by atoms with van der Waals surface area (Å²) in [6.45, 7) is 7.09. The average Bonchev–Trinajstić information content (AvgIpc) is 2.09. The van der Waals surface area contributed by atoms with E-state index in [1.165, 1.54) is 38.5 Å². The maximum absolute atomic E-state index is 2.42. The molecule has 0 radical (unpaired) electrons. The Bertz CT molecular complexity index is 117. The molecule has 0 aromatic carbocycles. The second kappa shape index (κ2) is 4.89. The highest BCUT2D eigenvalue weighted by Gasteiger charge is 2.28. The van der Waals surface area contributed by atoms with E-state index in [9.17, 15) is 0 Å². The zero-order valence-electron chi connectivity index (χ0n) is 8.97. The Morgan fingerprint density at radius 2 is 2.00 bits per heavy atom. The molecule has 0 heteroatoms. The molecule has 0 aromatic rings. The van der Waals surface area contributed by atoms with Gasteiger partial charge < -0.3 is 0 Å².